The summed E-state index contributed by atoms with van der Waals surface area (Å²) in [6.45, 7) is 3.78. The van der Waals surface area contributed by atoms with Crippen LogP contribution in [0, 0.1) is 13.8 Å². The Hall–Kier alpha value is -2.48. The van der Waals surface area contributed by atoms with Gasteiger partial charge in [-0.05, 0) is 55.5 Å². The molecule has 0 unspecified atom stereocenters. The van der Waals surface area contributed by atoms with Gasteiger partial charge in [-0.1, -0.05) is 0 Å². The van der Waals surface area contributed by atoms with Crippen LogP contribution in [0.25, 0.3) is 11.0 Å². The maximum atomic E-state index is 12.3. The van der Waals surface area contributed by atoms with Gasteiger partial charge in [-0.3, -0.25) is 0 Å². The predicted octanol–water partition coefficient (Wildman–Crippen LogP) is 2.24. The van der Waals surface area contributed by atoms with Gasteiger partial charge in [0.1, 0.15) is 18.2 Å². The number of ether oxygens (including phenoxy) is 1. The molecule has 1 aromatic heterocycles. The summed E-state index contributed by atoms with van der Waals surface area (Å²) >= 11 is 1.54. The maximum absolute atomic E-state index is 12.3. The van der Waals surface area contributed by atoms with Gasteiger partial charge in [0.2, 0.25) is 0 Å². The maximum Gasteiger partial charge on any atom is 0.336 e. The number of aryl methyl sites for hydroxylation is 2. The normalized spacial score (nSPS) is 12.0. The van der Waals surface area contributed by atoms with Crippen molar-refractivity contribution < 1.29 is 18.7 Å². The minimum Gasteiger partial charge on any atom is -0.459 e. The third-order valence-electron chi connectivity index (χ3n) is 4.03. The van der Waals surface area contributed by atoms with Crippen LogP contribution in [0.15, 0.2) is 27.4 Å². The molecule has 2 aromatic rings. The van der Waals surface area contributed by atoms with E-state index in [1.54, 1.807) is 17.8 Å². The topological polar surface area (TPSA) is 112 Å². The number of hydrogen-bond donors (Lipinski definition) is 2. The summed E-state index contributed by atoms with van der Waals surface area (Å²) in [5, 5.41) is 3.10. The molecule has 0 radical (unpaired) electrons. The van der Waals surface area contributed by atoms with Crippen molar-refractivity contribution in [1.82, 2.24) is 5.32 Å². The third-order valence-corrected chi connectivity index (χ3v) is 4.67. The second-order valence-electron chi connectivity index (χ2n) is 5.97. The lowest BCUT2D eigenvalue weighted by Crippen LogP contribution is -2.44. The number of amides is 2. The zero-order valence-corrected chi connectivity index (χ0v) is 15.8. The van der Waals surface area contributed by atoms with Gasteiger partial charge in [0.15, 0.2) is 0 Å². The second kappa shape index (κ2) is 8.75. The lowest BCUT2D eigenvalue weighted by Gasteiger charge is -2.16. The van der Waals surface area contributed by atoms with Crippen LogP contribution >= 0.6 is 11.8 Å². The molecule has 26 heavy (non-hydrogen) atoms. The lowest BCUT2D eigenvalue weighted by molar-refractivity contribution is -0.147. The molecule has 2 rings (SSSR count). The van der Waals surface area contributed by atoms with E-state index in [9.17, 15) is 14.4 Å². The molecule has 1 atom stereocenters. The second-order valence-corrected chi connectivity index (χ2v) is 6.96. The highest BCUT2D eigenvalue weighted by Crippen LogP contribution is 2.22. The summed E-state index contributed by atoms with van der Waals surface area (Å²) < 4.78 is 10.5. The molecule has 2 amide bonds. The zero-order valence-electron chi connectivity index (χ0n) is 15.0. The molecule has 0 saturated heterocycles. The van der Waals surface area contributed by atoms with E-state index in [0.29, 0.717) is 28.7 Å². The van der Waals surface area contributed by atoms with Crippen molar-refractivity contribution in [1.29, 1.82) is 0 Å². The van der Waals surface area contributed by atoms with Crippen molar-refractivity contribution in [2.75, 3.05) is 12.0 Å². The summed E-state index contributed by atoms with van der Waals surface area (Å²) in [5.41, 5.74) is 7.63. The van der Waals surface area contributed by atoms with Crippen molar-refractivity contribution in [3.63, 3.8) is 0 Å². The molecule has 3 N–H and O–H groups in total. The number of urea groups is 1. The highest BCUT2D eigenvalue weighted by Gasteiger charge is 2.21. The Labute approximate surface area is 155 Å². The van der Waals surface area contributed by atoms with Crippen molar-refractivity contribution in [2.24, 2.45) is 5.73 Å². The van der Waals surface area contributed by atoms with Crippen molar-refractivity contribution in [3.05, 3.63) is 45.3 Å². The van der Waals surface area contributed by atoms with Gasteiger partial charge in [-0.25, -0.2) is 14.4 Å². The molecule has 8 heteroatoms. The summed E-state index contributed by atoms with van der Waals surface area (Å²) in [4.78, 5) is 35.2. The van der Waals surface area contributed by atoms with Gasteiger partial charge in [0.25, 0.3) is 0 Å². The molecule has 0 fully saturated rings. The van der Waals surface area contributed by atoms with Crippen LogP contribution in [0.1, 0.15) is 23.1 Å². The van der Waals surface area contributed by atoms with Crippen molar-refractivity contribution >= 4 is 34.7 Å². The van der Waals surface area contributed by atoms with E-state index in [0.717, 1.165) is 11.1 Å². The van der Waals surface area contributed by atoms with E-state index < -0.39 is 23.7 Å². The number of nitrogens with two attached hydrogens (primary N) is 1. The number of esters is 1. The molecular weight excluding hydrogens is 356 g/mol. The summed E-state index contributed by atoms with van der Waals surface area (Å²) in [6, 6.07) is 3.38. The van der Waals surface area contributed by atoms with E-state index in [-0.39, 0.29) is 6.61 Å². The molecule has 1 aromatic carbocycles. The number of thioether (sulfide) groups is 1. The van der Waals surface area contributed by atoms with Crippen LogP contribution in [0.2, 0.25) is 0 Å². The Bertz CT molecular complexity index is 878. The zero-order chi connectivity index (χ0) is 19.3. The van der Waals surface area contributed by atoms with Crippen LogP contribution in [-0.2, 0) is 16.1 Å². The lowest BCUT2D eigenvalue weighted by atomic mass is 10.0. The van der Waals surface area contributed by atoms with E-state index in [1.807, 2.05) is 26.2 Å². The number of carbonyl (C=O) groups excluding carboxylic acids is 2. The number of primary amides is 1. The fourth-order valence-corrected chi connectivity index (χ4v) is 2.98. The number of rotatable bonds is 7. The van der Waals surface area contributed by atoms with Crippen LogP contribution in [0.3, 0.4) is 0 Å². The van der Waals surface area contributed by atoms with Crippen LogP contribution in [-0.4, -0.2) is 30.1 Å². The molecular formula is C18H22N2O5S. The largest absolute Gasteiger partial charge is 0.459 e. The summed E-state index contributed by atoms with van der Waals surface area (Å²) in [6.07, 6.45) is 2.30. The molecule has 1 heterocycles. The van der Waals surface area contributed by atoms with E-state index in [2.05, 4.69) is 5.32 Å². The van der Waals surface area contributed by atoms with Gasteiger partial charge in [-0.15, -0.1) is 0 Å². The fraction of sp³-hybridized carbons (Fsp3) is 0.389. The van der Waals surface area contributed by atoms with Gasteiger partial charge in [0.05, 0.1) is 0 Å². The first kappa shape index (κ1) is 19.8. The van der Waals surface area contributed by atoms with E-state index in [1.165, 1.54) is 6.07 Å². The first-order valence-corrected chi connectivity index (χ1v) is 9.46. The molecule has 7 nitrogen and oxygen atoms in total. The Balaban J connectivity index is 2.22. The Morgan fingerprint density at radius 2 is 1.96 bits per heavy atom. The highest BCUT2D eigenvalue weighted by molar-refractivity contribution is 7.98. The molecule has 0 bridgehead atoms. The van der Waals surface area contributed by atoms with Gasteiger partial charge in [0, 0.05) is 17.0 Å². The first-order chi connectivity index (χ1) is 12.3. The summed E-state index contributed by atoms with van der Waals surface area (Å²) in [5.74, 6) is 0.0687. The standard InChI is InChI=1S/C18H22N2O5S/c1-10-6-13-12(8-16(21)25-15(13)7-11(10)2)9-24-17(22)14(4-5-26-3)20-18(19)23/h6-8,14H,4-5,9H2,1-3H3,(H3,19,20,23)/t14-/m0/s1. The Kier molecular flexibility index (Phi) is 6.68. The van der Waals surface area contributed by atoms with Gasteiger partial charge < -0.3 is 20.2 Å². The van der Waals surface area contributed by atoms with Crippen molar-refractivity contribution in [2.45, 2.75) is 32.9 Å². The van der Waals surface area contributed by atoms with Gasteiger partial charge >= 0.3 is 17.6 Å². The molecule has 0 saturated carbocycles. The fourth-order valence-electron chi connectivity index (χ4n) is 2.51. The van der Waals surface area contributed by atoms with E-state index in [4.69, 9.17) is 14.9 Å². The van der Waals surface area contributed by atoms with E-state index >= 15 is 0 Å². The molecule has 140 valence electrons. The number of nitrogens with one attached hydrogen (secondary N) is 1. The monoisotopic (exact) mass is 378 g/mol. The number of hydrogen-bond acceptors (Lipinski definition) is 6. The minimum atomic E-state index is -0.824. The third kappa shape index (κ3) is 5.01. The first-order valence-electron chi connectivity index (χ1n) is 8.07. The van der Waals surface area contributed by atoms with Crippen LogP contribution in [0.5, 0.6) is 0 Å². The molecule has 0 aliphatic carbocycles. The minimum absolute atomic E-state index is 0.0976. The smallest absolute Gasteiger partial charge is 0.336 e. The average Bonchev–Trinajstić information content (AvgIpc) is 2.57. The quantitative estimate of drug-likeness (QED) is 0.564. The van der Waals surface area contributed by atoms with Crippen LogP contribution in [0.4, 0.5) is 4.79 Å². The highest BCUT2D eigenvalue weighted by atomic mass is 32.2. The SMILES string of the molecule is CSCC[C@H](NC(N)=O)C(=O)OCc1cc(=O)oc2cc(C)c(C)cc12. The molecule has 0 spiro atoms. The van der Waals surface area contributed by atoms with Crippen LogP contribution < -0.4 is 16.7 Å². The van der Waals surface area contributed by atoms with Crippen molar-refractivity contribution in [3.8, 4) is 0 Å². The number of fused-ring (bicyclic) bond motifs is 1. The number of carbonyl (C=O) groups is 2. The van der Waals surface area contributed by atoms with Gasteiger partial charge in [-0.2, -0.15) is 11.8 Å². The molecule has 0 aliphatic heterocycles. The molecule has 0 aliphatic rings. The Morgan fingerprint density at radius 3 is 2.62 bits per heavy atom. The number of benzene rings is 1. The average molecular weight is 378 g/mol. The Morgan fingerprint density at radius 1 is 1.27 bits per heavy atom. The summed E-state index contributed by atoms with van der Waals surface area (Å²) in [7, 11) is 0. The predicted molar refractivity (Wildman–Crippen MR) is 101 cm³/mol.